The molecule has 4 atom stereocenters. The summed E-state index contributed by atoms with van der Waals surface area (Å²) < 4.78 is 15.5. The van der Waals surface area contributed by atoms with E-state index in [4.69, 9.17) is 10.8 Å². The zero-order valence-electron chi connectivity index (χ0n) is 22.2. The minimum atomic E-state index is -1.45. The van der Waals surface area contributed by atoms with Crippen molar-refractivity contribution in [3.05, 3.63) is 59.4 Å². The zero-order valence-corrected chi connectivity index (χ0v) is 22.2. The molecule has 0 bridgehead atoms. The van der Waals surface area contributed by atoms with Gasteiger partial charge in [-0.1, -0.05) is 43.3 Å². The molecule has 1 saturated heterocycles. The Labute approximate surface area is 224 Å². The van der Waals surface area contributed by atoms with Gasteiger partial charge < -0.3 is 26.2 Å². The van der Waals surface area contributed by atoms with Crippen LogP contribution in [0.3, 0.4) is 0 Å². The number of carboxylic acid groups (broad SMARTS) is 1. The molecule has 1 aliphatic heterocycles. The lowest BCUT2D eigenvalue weighted by Gasteiger charge is -2.44. The summed E-state index contributed by atoms with van der Waals surface area (Å²) in [6, 6.07) is 12.5. The molecule has 5 N–H and O–H groups in total. The molecule has 2 fully saturated rings. The summed E-state index contributed by atoms with van der Waals surface area (Å²) in [5.74, 6) is -0.734. The average molecular weight is 526 g/mol. The minimum absolute atomic E-state index is 0.0527. The van der Waals surface area contributed by atoms with E-state index in [2.05, 4.69) is 5.32 Å². The van der Waals surface area contributed by atoms with Gasteiger partial charge in [-0.15, -0.1) is 0 Å². The van der Waals surface area contributed by atoms with Crippen LogP contribution in [0.25, 0.3) is 11.1 Å². The van der Waals surface area contributed by atoms with Crippen molar-refractivity contribution in [1.82, 2.24) is 10.2 Å². The van der Waals surface area contributed by atoms with Crippen molar-refractivity contribution in [3.8, 4) is 11.1 Å². The van der Waals surface area contributed by atoms with Gasteiger partial charge in [0.2, 0.25) is 5.91 Å². The van der Waals surface area contributed by atoms with Crippen LogP contribution in [-0.4, -0.2) is 52.8 Å². The lowest BCUT2D eigenvalue weighted by Crippen LogP contribution is -2.49. The van der Waals surface area contributed by atoms with Crippen LogP contribution in [0.4, 0.5) is 9.18 Å². The molecular formula is C30H40FN3O4. The van der Waals surface area contributed by atoms with Crippen molar-refractivity contribution in [1.29, 1.82) is 0 Å². The number of amides is 2. The summed E-state index contributed by atoms with van der Waals surface area (Å²) in [6.45, 7) is 3.21. The van der Waals surface area contributed by atoms with E-state index in [1.807, 2.05) is 36.1 Å². The molecule has 4 rings (SSSR count). The van der Waals surface area contributed by atoms with Gasteiger partial charge in [0, 0.05) is 43.1 Å². The standard InChI is InChI=1S/C30H40FN3O4/c1-2-20-7-3-8-21(17-20)27-25(10-4-11-26(27)31)30(38,14-6-15-33-29(36)37)23-9-5-16-34(19-23)28(35)22-12-13-24(32)18-22/h3-4,7-8,10-11,17,22-24,33,38H,2,5-6,9,12-16,18-19,32H2,1H3,(H,36,37)/t22-,23-,24+,30+/m1/s1. The molecule has 8 heteroatoms. The van der Waals surface area contributed by atoms with Gasteiger partial charge in [-0.25, -0.2) is 9.18 Å². The Morgan fingerprint density at radius 2 is 1.97 bits per heavy atom. The number of nitrogens with two attached hydrogens (primary N) is 1. The number of nitrogens with zero attached hydrogens (tertiary/aromatic N) is 1. The summed E-state index contributed by atoms with van der Waals surface area (Å²) >= 11 is 0. The molecule has 38 heavy (non-hydrogen) atoms. The third-order valence-electron chi connectivity index (χ3n) is 8.35. The van der Waals surface area contributed by atoms with Gasteiger partial charge in [-0.2, -0.15) is 0 Å². The van der Waals surface area contributed by atoms with Crippen LogP contribution in [-0.2, 0) is 16.8 Å². The highest BCUT2D eigenvalue weighted by Crippen LogP contribution is 2.44. The number of nitrogens with one attached hydrogen (secondary N) is 1. The lowest BCUT2D eigenvalue weighted by molar-refractivity contribution is -0.140. The van der Waals surface area contributed by atoms with E-state index >= 15 is 4.39 Å². The zero-order chi connectivity index (χ0) is 27.3. The summed E-state index contributed by atoms with van der Waals surface area (Å²) in [5, 5.41) is 23.9. The fourth-order valence-electron chi connectivity index (χ4n) is 6.30. The van der Waals surface area contributed by atoms with Gasteiger partial charge in [0.05, 0.1) is 5.60 Å². The molecule has 2 aromatic rings. The Bertz CT molecular complexity index is 1140. The summed E-state index contributed by atoms with van der Waals surface area (Å²) in [5.41, 5.74) is 7.23. The third kappa shape index (κ3) is 6.18. The Morgan fingerprint density at radius 3 is 2.68 bits per heavy atom. The first kappa shape index (κ1) is 28.0. The van der Waals surface area contributed by atoms with Gasteiger partial charge in [-0.3, -0.25) is 4.79 Å². The van der Waals surface area contributed by atoms with Crippen LogP contribution in [0.1, 0.15) is 63.0 Å². The van der Waals surface area contributed by atoms with Crippen molar-refractivity contribution in [2.75, 3.05) is 19.6 Å². The normalized spacial score (nSPS) is 23.2. The molecule has 1 heterocycles. The van der Waals surface area contributed by atoms with Crippen LogP contribution in [0.2, 0.25) is 0 Å². The van der Waals surface area contributed by atoms with Crippen LogP contribution < -0.4 is 11.1 Å². The minimum Gasteiger partial charge on any atom is -0.465 e. The second-order valence-electron chi connectivity index (χ2n) is 10.9. The average Bonchev–Trinajstić information content (AvgIpc) is 3.36. The lowest BCUT2D eigenvalue weighted by atomic mass is 9.72. The first-order valence-corrected chi connectivity index (χ1v) is 13.8. The number of aryl methyl sites for hydroxylation is 1. The van der Waals surface area contributed by atoms with E-state index in [0.29, 0.717) is 49.0 Å². The van der Waals surface area contributed by atoms with E-state index in [-0.39, 0.29) is 36.8 Å². The van der Waals surface area contributed by atoms with Crippen molar-refractivity contribution >= 4 is 12.0 Å². The fourth-order valence-corrected chi connectivity index (χ4v) is 6.30. The first-order chi connectivity index (χ1) is 18.2. The number of carbonyl (C=O) groups is 2. The first-order valence-electron chi connectivity index (χ1n) is 13.8. The number of carbonyl (C=O) groups excluding carboxylic acids is 1. The number of rotatable bonds is 9. The van der Waals surface area contributed by atoms with Gasteiger partial charge in [0.25, 0.3) is 0 Å². The largest absolute Gasteiger partial charge is 0.465 e. The molecule has 1 saturated carbocycles. The molecule has 0 radical (unpaired) electrons. The van der Waals surface area contributed by atoms with E-state index in [1.165, 1.54) is 6.07 Å². The number of aliphatic hydroxyl groups is 1. The summed E-state index contributed by atoms with van der Waals surface area (Å²) in [7, 11) is 0. The smallest absolute Gasteiger partial charge is 0.404 e. The number of hydrogen-bond donors (Lipinski definition) is 4. The highest BCUT2D eigenvalue weighted by molar-refractivity contribution is 5.79. The van der Waals surface area contributed by atoms with Gasteiger partial charge in [0.1, 0.15) is 5.82 Å². The van der Waals surface area contributed by atoms with E-state index in [1.54, 1.807) is 12.1 Å². The Balaban J connectivity index is 1.70. The van der Waals surface area contributed by atoms with E-state index in [9.17, 15) is 14.7 Å². The topological polar surface area (TPSA) is 116 Å². The van der Waals surface area contributed by atoms with Gasteiger partial charge in [0.15, 0.2) is 0 Å². The number of benzene rings is 2. The fraction of sp³-hybridized carbons (Fsp3) is 0.533. The molecule has 1 aliphatic carbocycles. The predicted octanol–water partition coefficient (Wildman–Crippen LogP) is 4.66. The quantitative estimate of drug-likeness (QED) is 0.356. The molecule has 0 spiro atoms. The molecule has 2 amide bonds. The number of halogens is 1. The van der Waals surface area contributed by atoms with E-state index in [0.717, 1.165) is 31.2 Å². The van der Waals surface area contributed by atoms with Crippen LogP contribution >= 0.6 is 0 Å². The maximum atomic E-state index is 15.5. The Kier molecular flexibility index (Phi) is 9.05. The SMILES string of the molecule is CCc1cccc(-c2c(F)cccc2[C@](O)(CCCNC(=O)O)[C@@H]2CCCN(C(=O)[C@@H]3CC[C@H](N)C3)C2)c1. The summed E-state index contributed by atoms with van der Waals surface area (Å²) in [4.78, 5) is 26.2. The molecular weight excluding hydrogens is 485 g/mol. The number of piperidine rings is 1. The maximum Gasteiger partial charge on any atom is 0.404 e. The third-order valence-corrected chi connectivity index (χ3v) is 8.35. The van der Waals surface area contributed by atoms with Gasteiger partial charge >= 0.3 is 6.09 Å². The van der Waals surface area contributed by atoms with Crippen molar-refractivity contribution in [3.63, 3.8) is 0 Å². The number of likely N-dealkylation sites (tertiary alicyclic amines) is 1. The molecule has 7 nitrogen and oxygen atoms in total. The monoisotopic (exact) mass is 525 g/mol. The molecule has 206 valence electrons. The molecule has 2 aromatic carbocycles. The van der Waals surface area contributed by atoms with E-state index < -0.39 is 17.5 Å². The summed E-state index contributed by atoms with van der Waals surface area (Å²) in [6.07, 6.45) is 4.02. The highest BCUT2D eigenvalue weighted by Gasteiger charge is 2.44. The van der Waals surface area contributed by atoms with Gasteiger partial charge in [-0.05, 0) is 74.1 Å². The Morgan fingerprint density at radius 1 is 1.18 bits per heavy atom. The maximum absolute atomic E-state index is 15.5. The predicted molar refractivity (Wildman–Crippen MR) is 145 cm³/mol. The second-order valence-corrected chi connectivity index (χ2v) is 10.9. The second kappa shape index (κ2) is 12.3. The van der Waals surface area contributed by atoms with Crippen LogP contribution in [0, 0.1) is 17.7 Å². The van der Waals surface area contributed by atoms with Crippen molar-refractivity contribution in [2.45, 2.75) is 69.9 Å². The van der Waals surface area contributed by atoms with Crippen molar-refractivity contribution < 1.29 is 24.2 Å². The number of hydrogen-bond acceptors (Lipinski definition) is 4. The van der Waals surface area contributed by atoms with Crippen LogP contribution in [0.15, 0.2) is 42.5 Å². The Hall–Kier alpha value is -2.97. The van der Waals surface area contributed by atoms with Crippen LogP contribution in [0.5, 0.6) is 0 Å². The molecule has 0 aromatic heterocycles. The highest BCUT2D eigenvalue weighted by atomic mass is 19.1. The molecule has 0 unspecified atom stereocenters. The van der Waals surface area contributed by atoms with Crippen molar-refractivity contribution in [2.24, 2.45) is 17.6 Å². The molecule has 2 aliphatic rings.